The zero-order valence-electron chi connectivity index (χ0n) is 10.3. The van der Waals surface area contributed by atoms with Crippen molar-refractivity contribution in [1.29, 1.82) is 0 Å². The van der Waals surface area contributed by atoms with Crippen LogP contribution in [0.15, 0.2) is 22.7 Å². The van der Waals surface area contributed by atoms with E-state index in [1.54, 1.807) is 6.07 Å². The summed E-state index contributed by atoms with van der Waals surface area (Å²) in [5, 5.41) is 0.868. The first-order chi connectivity index (χ1) is 7.82. The van der Waals surface area contributed by atoms with E-state index < -0.39 is 0 Å². The van der Waals surface area contributed by atoms with Gasteiger partial charge in [0.1, 0.15) is 11.6 Å². The molecule has 0 aromatic heterocycles. The van der Waals surface area contributed by atoms with Crippen molar-refractivity contribution in [3.05, 3.63) is 28.5 Å². The second-order valence-corrected chi connectivity index (χ2v) is 6.70. The van der Waals surface area contributed by atoms with Gasteiger partial charge >= 0.3 is 0 Å². The highest BCUT2D eigenvalue weighted by molar-refractivity contribution is 9.10. The second-order valence-electron chi connectivity index (χ2n) is 5.13. The Hall–Kier alpha value is -0.0900. The topological polar surface area (TPSA) is 9.23 Å². The Labute approximate surface area is 119 Å². The summed E-state index contributed by atoms with van der Waals surface area (Å²) < 4.78 is 19.5. The fraction of sp³-hybridized carbons (Fsp3) is 0.538. The van der Waals surface area contributed by atoms with Crippen molar-refractivity contribution >= 4 is 31.9 Å². The molecule has 0 amide bonds. The summed E-state index contributed by atoms with van der Waals surface area (Å²) in [6.07, 6.45) is 0. The molecule has 0 bridgehead atoms. The second kappa shape index (κ2) is 6.19. The first-order valence-electron chi connectivity index (χ1n) is 5.48. The van der Waals surface area contributed by atoms with Crippen LogP contribution in [-0.4, -0.2) is 11.9 Å². The molecule has 0 aliphatic rings. The minimum Gasteiger partial charge on any atom is -0.493 e. The lowest BCUT2D eigenvalue weighted by atomic mass is 9.83. The number of rotatable bonds is 4. The standard InChI is InChI=1S/C13H17Br2FO/c1-13(2,3)9(7-14)8-17-12-5-10(15)4-11(16)6-12/h4-6,9H,7-8H2,1-3H3. The van der Waals surface area contributed by atoms with Crippen molar-refractivity contribution in [2.45, 2.75) is 20.8 Å². The first kappa shape index (κ1) is 15.0. The van der Waals surface area contributed by atoms with Gasteiger partial charge in [0, 0.05) is 21.8 Å². The molecule has 0 aliphatic carbocycles. The summed E-state index contributed by atoms with van der Waals surface area (Å²) >= 11 is 6.74. The summed E-state index contributed by atoms with van der Waals surface area (Å²) in [5.74, 6) is 0.650. The molecule has 0 fully saturated rings. The van der Waals surface area contributed by atoms with Crippen LogP contribution in [0, 0.1) is 17.2 Å². The quantitative estimate of drug-likeness (QED) is 0.678. The predicted octanol–water partition coefficient (Wildman–Crippen LogP) is 5.02. The van der Waals surface area contributed by atoms with Crippen molar-refractivity contribution in [2.24, 2.45) is 11.3 Å². The molecule has 0 heterocycles. The highest BCUT2D eigenvalue weighted by atomic mass is 79.9. The van der Waals surface area contributed by atoms with Crippen LogP contribution >= 0.6 is 31.9 Å². The van der Waals surface area contributed by atoms with Gasteiger partial charge in [-0.3, -0.25) is 0 Å². The monoisotopic (exact) mass is 366 g/mol. The van der Waals surface area contributed by atoms with Crippen molar-refractivity contribution in [3.8, 4) is 5.75 Å². The molecule has 0 saturated heterocycles. The van der Waals surface area contributed by atoms with Crippen molar-refractivity contribution < 1.29 is 9.13 Å². The Balaban J connectivity index is 2.66. The van der Waals surface area contributed by atoms with E-state index in [1.165, 1.54) is 12.1 Å². The molecule has 0 aliphatic heterocycles. The number of halogens is 3. The number of ether oxygens (including phenoxy) is 1. The largest absolute Gasteiger partial charge is 0.493 e. The molecular weight excluding hydrogens is 351 g/mol. The van der Waals surface area contributed by atoms with Crippen LogP contribution in [-0.2, 0) is 0 Å². The van der Waals surface area contributed by atoms with Gasteiger partial charge in [-0.05, 0) is 17.5 Å². The van der Waals surface area contributed by atoms with E-state index in [-0.39, 0.29) is 11.2 Å². The lowest BCUT2D eigenvalue weighted by Gasteiger charge is -2.29. The van der Waals surface area contributed by atoms with E-state index in [4.69, 9.17) is 4.74 Å². The van der Waals surface area contributed by atoms with Crippen LogP contribution < -0.4 is 4.74 Å². The molecule has 96 valence electrons. The summed E-state index contributed by atoms with van der Waals surface area (Å²) in [6.45, 7) is 7.09. The minimum absolute atomic E-state index is 0.161. The molecule has 1 rings (SSSR count). The number of hydrogen-bond acceptors (Lipinski definition) is 1. The average Bonchev–Trinajstić information content (AvgIpc) is 2.14. The van der Waals surface area contributed by atoms with E-state index in [9.17, 15) is 4.39 Å². The van der Waals surface area contributed by atoms with Gasteiger partial charge in [0.25, 0.3) is 0 Å². The summed E-state index contributed by atoms with van der Waals surface area (Å²) in [7, 11) is 0. The van der Waals surface area contributed by atoms with Gasteiger partial charge in [-0.2, -0.15) is 0 Å². The molecule has 1 aromatic carbocycles. The highest BCUT2D eigenvalue weighted by Crippen LogP contribution is 2.29. The van der Waals surface area contributed by atoms with Gasteiger partial charge in [0.05, 0.1) is 6.61 Å². The maximum Gasteiger partial charge on any atom is 0.128 e. The van der Waals surface area contributed by atoms with Crippen LogP contribution in [0.3, 0.4) is 0 Å². The van der Waals surface area contributed by atoms with Gasteiger partial charge in [0.15, 0.2) is 0 Å². The first-order valence-corrected chi connectivity index (χ1v) is 7.39. The molecule has 1 atom stereocenters. The van der Waals surface area contributed by atoms with Crippen molar-refractivity contribution in [1.82, 2.24) is 0 Å². The number of hydrogen-bond donors (Lipinski definition) is 0. The molecule has 4 heteroatoms. The fourth-order valence-corrected chi connectivity index (χ4v) is 2.94. The normalized spacial score (nSPS) is 13.5. The van der Waals surface area contributed by atoms with E-state index in [0.29, 0.717) is 22.7 Å². The van der Waals surface area contributed by atoms with Gasteiger partial charge in [0.2, 0.25) is 0 Å². The molecule has 1 aromatic rings. The average molecular weight is 368 g/mol. The lowest BCUT2D eigenvalue weighted by Crippen LogP contribution is -2.27. The lowest BCUT2D eigenvalue weighted by molar-refractivity contribution is 0.165. The Morgan fingerprint density at radius 3 is 2.41 bits per heavy atom. The van der Waals surface area contributed by atoms with Crippen LogP contribution in [0.4, 0.5) is 4.39 Å². The predicted molar refractivity (Wildman–Crippen MR) is 76.3 cm³/mol. The van der Waals surface area contributed by atoms with E-state index in [0.717, 1.165) is 5.33 Å². The van der Waals surface area contributed by atoms with Gasteiger partial charge in [-0.1, -0.05) is 52.6 Å². The third-order valence-electron chi connectivity index (χ3n) is 2.70. The van der Waals surface area contributed by atoms with Crippen molar-refractivity contribution in [2.75, 3.05) is 11.9 Å². The molecule has 1 nitrogen and oxygen atoms in total. The van der Waals surface area contributed by atoms with Crippen LogP contribution in [0.2, 0.25) is 0 Å². The molecule has 0 N–H and O–H groups in total. The molecule has 1 unspecified atom stereocenters. The zero-order valence-corrected chi connectivity index (χ0v) is 13.4. The molecular formula is C13H17Br2FO. The van der Waals surface area contributed by atoms with Gasteiger partial charge in [-0.25, -0.2) is 4.39 Å². The summed E-state index contributed by atoms with van der Waals surface area (Å²) in [4.78, 5) is 0. The van der Waals surface area contributed by atoms with Crippen LogP contribution in [0.5, 0.6) is 5.75 Å². The Bertz CT molecular complexity index is 354. The summed E-state index contributed by atoms with van der Waals surface area (Å²) in [5.41, 5.74) is 0.161. The third kappa shape index (κ3) is 4.96. The van der Waals surface area contributed by atoms with Gasteiger partial charge in [-0.15, -0.1) is 0 Å². The number of alkyl halides is 1. The fourth-order valence-electron chi connectivity index (χ4n) is 1.33. The smallest absolute Gasteiger partial charge is 0.128 e. The molecule has 0 radical (unpaired) electrons. The minimum atomic E-state index is -0.291. The van der Waals surface area contributed by atoms with E-state index in [1.807, 2.05) is 0 Å². The maximum absolute atomic E-state index is 13.1. The third-order valence-corrected chi connectivity index (χ3v) is 3.94. The maximum atomic E-state index is 13.1. The van der Waals surface area contributed by atoms with Crippen LogP contribution in [0.1, 0.15) is 20.8 Å². The Morgan fingerprint density at radius 2 is 1.94 bits per heavy atom. The van der Waals surface area contributed by atoms with Gasteiger partial charge < -0.3 is 4.74 Å². The van der Waals surface area contributed by atoms with E-state index >= 15 is 0 Å². The number of benzene rings is 1. The Kier molecular flexibility index (Phi) is 5.45. The molecule has 0 spiro atoms. The van der Waals surface area contributed by atoms with E-state index in [2.05, 4.69) is 52.6 Å². The zero-order chi connectivity index (χ0) is 13.1. The molecule has 0 saturated carbocycles. The van der Waals surface area contributed by atoms with Crippen molar-refractivity contribution in [3.63, 3.8) is 0 Å². The SMILES string of the molecule is CC(C)(C)C(CBr)COc1cc(F)cc(Br)c1. The van der Waals surface area contributed by atoms with Crippen LogP contribution in [0.25, 0.3) is 0 Å². The summed E-state index contributed by atoms with van der Waals surface area (Å²) in [6, 6.07) is 4.59. The Morgan fingerprint density at radius 1 is 1.29 bits per heavy atom. The molecule has 17 heavy (non-hydrogen) atoms. The highest BCUT2D eigenvalue weighted by Gasteiger charge is 2.24.